The van der Waals surface area contributed by atoms with Crippen molar-refractivity contribution < 1.29 is 4.79 Å². The molecule has 6 heteroatoms. The molecule has 29 heavy (non-hydrogen) atoms. The fourth-order valence-electron chi connectivity index (χ4n) is 4.75. The molecule has 3 aromatic rings. The fraction of sp³-hybridized carbons (Fsp3) is 0.435. The molecule has 6 nitrogen and oxygen atoms in total. The molecular weight excluding hydrogens is 362 g/mol. The summed E-state index contributed by atoms with van der Waals surface area (Å²) in [5.41, 5.74) is 5.72. The van der Waals surface area contributed by atoms with E-state index < -0.39 is 0 Å². The second kappa shape index (κ2) is 6.95. The number of carbonyl (C=O) groups is 1. The molecule has 0 bridgehead atoms. The highest BCUT2D eigenvalue weighted by Gasteiger charge is 2.33. The van der Waals surface area contributed by atoms with Crippen molar-refractivity contribution in [3.05, 3.63) is 47.3 Å². The van der Waals surface area contributed by atoms with E-state index in [4.69, 9.17) is 4.98 Å². The van der Waals surface area contributed by atoms with Crippen molar-refractivity contribution in [3.63, 3.8) is 0 Å². The Hall–Kier alpha value is -2.73. The minimum Gasteiger partial charge on any atom is -0.336 e. The van der Waals surface area contributed by atoms with Crippen LogP contribution in [0.5, 0.6) is 0 Å². The highest BCUT2D eigenvalue weighted by molar-refractivity contribution is 6.08. The van der Waals surface area contributed by atoms with Crippen LogP contribution in [-0.4, -0.2) is 62.7 Å². The number of fused-ring (bicyclic) bond motifs is 2. The van der Waals surface area contributed by atoms with Crippen LogP contribution in [0.1, 0.15) is 34.3 Å². The van der Waals surface area contributed by atoms with Crippen LogP contribution in [0.25, 0.3) is 22.2 Å². The largest absolute Gasteiger partial charge is 0.336 e. The number of aromatic nitrogens is 3. The Morgan fingerprint density at radius 1 is 1.17 bits per heavy atom. The molecule has 0 radical (unpaired) electrons. The molecule has 0 aliphatic carbocycles. The summed E-state index contributed by atoms with van der Waals surface area (Å²) in [5.74, 6) is 0.123. The number of benzene rings is 1. The van der Waals surface area contributed by atoms with Crippen molar-refractivity contribution >= 4 is 16.8 Å². The van der Waals surface area contributed by atoms with Gasteiger partial charge in [-0.2, -0.15) is 5.10 Å². The third-order valence-corrected chi connectivity index (χ3v) is 6.61. The van der Waals surface area contributed by atoms with Gasteiger partial charge in [0.2, 0.25) is 0 Å². The smallest absolute Gasteiger partial charge is 0.254 e. The van der Waals surface area contributed by atoms with Crippen LogP contribution in [0.3, 0.4) is 0 Å². The lowest BCUT2D eigenvalue weighted by Crippen LogP contribution is -2.52. The Morgan fingerprint density at radius 2 is 2.03 bits per heavy atom. The van der Waals surface area contributed by atoms with Gasteiger partial charge in [-0.25, -0.2) is 4.98 Å². The van der Waals surface area contributed by atoms with Gasteiger partial charge in [-0.05, 0) is 50.4 Å². The molecule has 4 heterocycles. The molecule has 1 aromatic carbocycles. The Balaban J connectivity index is 1.61. The van der Waals surface area contributed by atoms with E-state index >= 15 is 0 Å². The first kappa shape index (κ1) is 18.3. The summed E-state index contributed by atoms with van der Waals surface area (Å²) in [6, 6.07) is 6.62. The predicted octanol–water partition coefficient (Wildman–Crippen LogP) is 3.17. The molecule has 2 aliphatic heterocycles. The van der Waals surface area contributed by atoms with Crippen LogP contribution in [0.4, 0.5) is 0 Å². The number of hydrogen-bond acceptors (Lipinski definition) is 4. The molecule has 0 N–H and O–H groups in total. The first-order valence-corrected chi connectivity index (χ1v) is 10.4. The van der Waals surface area contributed by atoms with Gasteiger partial charge in [0.05, 0.1) is 23.0 Å². The summed E-state index contributed by atoms with van der Waals surface area (Å²) in [5, 5.41) is 5.23. The second-order valence-corrected chi connectivity index (χ2v) is 8.44. The van der Waals surface area contributed by atoms with Crippen molar-refractivity contribution in [2.75, 3.05) is 26.2 Å². The highest BCUT2D eigenvalue weighted by atomic mass is 16.2. The standard InChI is InChI=1S/C23H27N5O/c1-15-6-7-19-20(23(29)28-10-9-27-8-4-5-18(27)14-28)11-21(25-22(19)16(15)2)17-12-24-26(3)13-17/h6-7,11-13,18H,4-5,8-10,14H2,1-3H3/t18-/m0/s1. The zero-order valence-electron chi connectivity index (χ0n) is 17.4. The van der Waals surface area contributed by atoms with Crippen molar-refractivity contribution in [3.8, 4) is 11.3 Å². The van der Waals surface area contributed by atoms with Gasteiger partial charge in [0, 0.05) is 49.9 Å². The van der Waals surface area contributed by atoms with Gasteiger partial charge < -0.3 is 4.90 Å². The lowest BCUT2D eigenvalue weighted by atomic mass is 9.98. The molecule has 2 saturated heterocycles. The van der Waals surface area contributed by atoms with Crippen molar-refractivity contribution in [2.24, 2.45) is 7.05 Å². The number of hydrogen-bond donors (Lipinski definition) is 0. The lowest BCUT2D eigenvalue weighted by Gasteiger charge is -2.37. The molecule has 150 valence electrons. The second-order valence-electron chi connectivity index (χ2n) is 8.44. The minimum atomic E-state index is 0.123. The number of carbonyl (C=O) groups excluding carboxylic acids is 1. The summed E-state index contributed by atoms with van der Waals surface area (Å²) < 4.78 is 1.77. The zero-order valence-corrected chi connectivity index (χ0v) is 17.4. The van der Waals surface area contributed by atoms with Crippen LogP contribution >= 0.6 is 0 Å². The van der Waals surface area contributed by atoms with Crippen LogP contribution in [0, 0.1) is 13.8 Å². The van der Waals surface area contributed by atoms with Crippen molar-refractivity contribution in [2.45, 2.75) is 32.7 Å². The van der Waals surface area contributed by atoms with Crippen LogP contribution in [-0.2, 0) is 7.05 Å². The molecule has 0 saturated carbocycles. The maximum absolute atomic E-state index is 13.6. The van der Waals surface area contributed by atoms with E-state index in [1.807, 2.05) is 30.4 Å². The highest BCUT2D eigenvalue weighted by Crippen LogP contribution is 2.30. The summed E-state index contributed by atoms with van der Waals surface area (Å²) in [6.07, 6.45) is 6.20. The molecule has 0 spiro atoms. The van der Waals surface area contributed by atoms with E-state index in [0.29, 0.717) is 6.04 Å². The Bertz CT molecular complexity index is 1100. The third kappa shape index (κ3) is 3.12. The predicted molar refractivity (Wildman–Crippen MR) is 114 cm³/mol. The lowest BCUT2D eigenvalue weighted by molar-refractivity contribution is 0.0573. The molecule has 2 aromatic heterocycles. The first-order valence-electron chi connectivity index (χ1n) is 10.4. The van der Waals surface area contributed by atoms with Gasteiger partial charge in [-0.3, -0.25) is 14.4 Å². The van der Waals surface area contributed by atoms with Crippen molar-refractivity contribution in [1.29, 1.82) is 0 Å². The summed E-state index contributed by atoms with van der Waals surface area (Å²) in [4.78, 5) is 23.2. The molecular formula is C23H27N5O. The van der Waals surface area contributed by atoms with E-state index in [1.54, 1.807) is 4.68 Å². The van der Waals surface area contributed by atoms with Crippen LogP contribution < -0.4 is 0 Å². The number of aryl methyl sites for hydroxylation is 3. The van der Waals surface area contributed by atoms with Gasteiger partial charge in [0.25, 0.3) is 5.91 Å². The number of piperazine rings is 1. The molecule has 0 unspecified atom stereocenters. The fourth-order valence-corrected chi connectivity index (χ4v) is 4.75. The number of rotatable bonds is 2. The molecule has 5 rings (SSSR count). The minimum absolute atomic E-state index is 0.123. The number of nitrogens with zero attached hydrogens (tertiary/aromatic N) is 5. The maximum Gasteiger partial charge on any atom is 0.254 e. The van der Waals surface area contributed by atoms with Crippen molar-refractivity contribution in [1.82, 2.24) is 24.6 Å². The van der Waals surface area contributed by atoms with Crippen LogP contribution in [0.2, 0.25) is 0 Å². The molecule has 2 aliphatic rings. The van der Waals surface area contributed by atoms with Crippen LogP contribution in [0.15, 0.2) is 30.6 Å². The molecule has 1 atom stereocenters. The summed E-state index contributed by atoms with van der Waals surface area (Å²) >= 11 is 0. The number of amides is 1. The van der Waals surface area contributed by atoms with Gasteiger partial charge in [0.15, 0.2) is 0 Å². The normalized spacial score (nSPS) is 19.7. The van der Waals surface area contributed by atoms with Gasteiger partial charge in [-0.15, -0.1) is 0 Å². The van der Waals surface area contributed by atoms with E-state index in [-0.39, 0.29) is 5.91 Å². The third-order valence-electron chi connectivity index (χ3n) is 6.61. The van der Waals surface area contributed by atoms with E-state index in [2.05, 4.69) is 36.0 Å². The topological polar surface area (TPSA) is 54.3 Å². The average Bonchev–Trinajstić information content (AvgIpc) is 3.37. The summed E-state index contributed by atoms with van der Waals surface area (Å²) in [6.45, 7) is 7.96. The Labute approximate surface area is 171 Å². The molecule has 1 amide bonds. The monoisotopic (exact) mass is 389 g/mol. The zero-order chi connectivity index (χ0) is 20.1. The van der Waals surface area contributed by atoms with E-state index in [0.717, 1.165) is 52.9 Å². The van der Waals surface area contributed by atoms with E-state index in [9.17, 15) is 4.79 Å². The summed E-state index contributed by atoms with van der Waals surface area (Å²) in [7, 11) is 1.90. The van der Waals surface area contributed by atoms with E-state index in [1.165, 1.54) is 24.9 Å². The SMILES string of the molecule is Cc1ccc2c(C(=O)N3CCN4CCC[C@H]4C3)cc(-c3cnn(C)c3)nc2c1C. The molecule has 2 fully saturated rings. The van der Waals surface area contributed by atoms with Gasteiger partial charge in [0.1, 0.15) is 0 Å². The Kier molecular flexibility index (Phi) is 4.39. The van der Waals surface area contributed by atoms with Gasteiger partial charge in [-0.1, -0.05) is 12.1 Å². The first-order chi connectivity index (χ1) is 14.0. The quantitative estimate of drug-likeness (QED) is 0.676. The number of pyridine rings is 1. The van der Waals surface area contributed by atoms with Gasteiger partial charge >= 0.3 is 0 Å². The maximum atomic E-state index is 13.6. The average molecular weight is 390 g/mol. The Morgan fingerprint density at radius 3 is 2.83 bits per heavy atom.